The smallest absolute Gasteiger partial charge is 0.115 e. The van der Waals surface area contributed by atoms with E-state index in [2.05, 4.69) is 89.1 Å². The van der Waals surface area contributed by atoms with Gasteiger partial charge in [0, 0.05) is 30.2 Å². The maximum Gasteiger partial charge on any atom is 0.115 e. The highest BCUT2D eigenvalue weighted by Crippen LogP contribution is 2.50. The van der Waals surface area contributed by atoms with E-state index in [4.69, 9.17) is 0 Å². The summed E-state index contributed by atoms with van der Waals surface area (Å²) in [5.74, 6) is 0.996. The summed E-state index contributed by atoms with van der Waals surface area (Å²) in [4.78, 5) is 2.68. The van der Waals surface area contributed by atoms with Crippen molar-refractivity contribution in [2.75, 3.05) is 25.0 Å². The second-order valence-electron chi connectivity index (χ2n) is 10.9. The van der Waals surface area contributed by atoms with Crippen LogP contribution in [0.5, 0.6) is 5.75 Å². The van der Waals surface area contributed by atoms with Gasteiger partial charge in [-0.1, -0.05) is 72.8 Å². The lowest BCUT2D eigenvalue weighted by Gasteiger charge is -2.53. The zero-order valence-electron chi connectivity index (χ0n) is 20.9. The van der Waals surface area contributed by atoms with Crippen molar-refractivity contribution < 1.29 is 5.11 Å². The van der Waals surface area contributed by atoms with Gasteiger partial charge in [0.2, 0.25) is 0 Å². The number of rotatable bonds is 6. The molecule has 1 aliphatic carbocycles. The van der Waals surface area contributed by atoms with Gasteiger partial charge in [0.25, 0.3) is 0 Å². The molecule has 36 heavy (non-hydrogen) atoms. The fourth-order valence-corrected chi connectivity index (χ4v) is 6.81. The molecule has 2 N–H and O–H groups in total. The Kier molecular flexibility index (Phi) is 6.41. The van der Waals surface area contributed by atoms with E-state index in [0.717, 1.165) is 38.9 Å². The molecule has 6 rings (SSSR count). The van der Waals surface area contributed by atoms with Crippen molar-refractivity contribution in [2.24, 2.45) is 5.92 Å². The third-order valence-corrected chi connectivity index (χ3v) is 8.71. The van der Waals surface area contributed by atoms with Crippen LogP contribution in [-0.2, 0) is 11.8 Å². The van der Waals surface area contributed by atoms with E-state index >= 15 is 0 Å². The van der Waals surface area contributed by atoms with E-state index in [1.54, 1.807) is 6.07 Å². The van der Waals surface area contributed by atoms with Crippen LogP contribution < -0.4 is 5.32 Å². The number of aromatic hydroxyl groups is 1. The highest BCUT2D eigenvalue weighted by Gasteiger charge is 2.48. The third-order valence-electron chi connectivity index (χ3n) is 8.71. The zero-order valence-corrected chi connectivity index (χ0v) is 20.9. The van der Waals surface area contributed by atoms with Crippen LogP contribution in [0.15, 0.2) is 97.1 Å². The summed E-state index contributed by atoms with van der Waals surface area (Å²) in [6.45, 7) is 3.38. The van der Waals surface area contributed by atoms with E-state index in [0.29, 0.717) is 17.7 Å². The summed E-state index contributed by atoms with van der Waals surface area (Å²) in [7, 11) is 0. The molecule has 1 saturated heterocycles. The van der Waals surface area contributed by atoms with E-state index in [9.17, 15) is 5.11 Å². The zero-order chi connectivity index (χ0) is 24.4. The molecule has 0 aromatic heterocycles. The number of phenols is 1. The molecule has 1 aliphatic heterocycles. The standard InChI is InChI=1S/C33H36N2O/c36-32-12-6-11-28(22-32)33-18-20-35(19-17-25-7-2-1-3-8-25)24-29(33)14-16-31(23-33)34-30-15-13-26-9-4-5-10-27(26)21-30/h1-13,15,21-22,29,31,34,36H,14,16-20,23-24H2. The molecule has 0 bridgehead atoms. The highest BCUT2D eigenvalue weighted by molar-refractivity contribution is 5.85. The number of benzene rings is 4. The lowest BCUT2D eigenvalue weighted by Crippen LogP contribution is -2.54. The molecule has 0 amide bonds. The van der Waals surface area contributed by atoms with Crippen molar-refractivity contribution in [3.8, 4) is 5.75 Å². The number of hydrogen-bond donors (Lipinski definition) is 2. The van der Waals surface area contributed by atoms with Gasteiger partial charge < -0.3 is 15.3 Å². The van der Waals surface area contributed by atoms with Crippen LogP contribution in [0.2, 0.25) is 0 Å². The molecule has 2 fully saturated rings. The first-order chi connectivity index (χ1) is 17.7. The first-order valence-electron chi connectivity index (χ1n) is 13.5. The Hall–Kier alpha value is -3.30. The van der Waals surface area contributed by atoms with Gasteiger partial charge in [-0.2, -0.15) is 0 Å². The number of fused-ring (bicyclic) bond motifs is 2. The highest BCUT2D eigenvalue weighted by atomic mass is 16.3. The minimum Gasteiger partial charge on any atom is -0.508 e. The molecule has 4 aromatic rings. The summed E-state index contributed by atoms with van der Waals surface area (Å²) in [5.41, 5.74) is 4.06. The number of nitrogens with zero attached hydrogens (tertiary/aromatic N) is 1. The molecular weight excluding hydrogens is 440 g/mol. The van der Waals surface area contributed by atoms with Gasteiger partial charge in [0.05, 0.1) is 0 Å². The number of piperidine rings is 1. The van der Waals surface area contributed by atoms with Crippen molar-refractivity contribution in [3.63, 3.8) is 0 Å². The van der Waals surface area contributed by atoms with E-state index in [-0.39, 0.29) is 5.41 Å². The summed E-state index contributed by atoms with van der Waals surface area (Å²) in [6.07, 6.45) is 5.76. The van der Waals surface area contributed by atoms with Crippen LogP contribution in [-0.4, -0.2) is 35.7 Å². The fraction of sp³-hybridized carbons (Fsp3) is 0.333. The molecule has 3 atom stereocenters. The second kappa shape index (κ2) is 9.99. The Morgan fingerprint density at radius 1 is 0.833 bits per heavy atom. The monoisotopic (exact) mass is 476 g/mol. The van der Waals surface area contributed by atoms with Crippen molar-refractivity contribution in [3.05, 3.63) is 108 Å². The van der Waals surface area contributed by atoms with Crippen LogP contribution >= 0.6 is 0 Å². The summed E-state index contributed by atoms with van der Waals surface area (Å²) >= 11 is 0. The first-order valence-corrected chi connectivity index (χ1v) is 13.5. The van der Waals surface area contributed by atoms with Gasteiger partial charge in [-0.15, -0.1) is 0 Å². The maximum absolute atomic E-state index is 10.4. The Bertz CT molecular complexity index is 1320. The quantitative estimate of drug-likeness (QED) is 0.314. The van der Waals surface area contributed by atoms with Gasteiger partial charge in [-0.3, -0.25) is 0 Å². The molecule has 3 nitrogen and oxygen atoms in total. The average Bonchev–Trinajstić information content (AvgIpc) is 2.92. The van der Waals surface area contributed by atoms with Crippen LogP contribution in [0, 0.1) is 5.92 Å². The normalized spacial score (nSPS) is 24.3. The van der Waals surface area contributed by atoms with Gasteiger partial charge in [0.1, 0.15) is 5.75 Å². The van der Waals surface area contributed by atoms with Gasteiger partial charge in [-0.05, 0) is 90.7 Å². The Balaban J connectivity index is 1.21. The van der Waals surface area contributed by atoms with E-state index in [1.807, 2.05) is 12.1 Å². The number of nitrogens with one attached hydrogen (secondary N) is 1. The van der Waals surface area contributed by atoms with Crippen molar-refractivity contribution in [1.29, 1.82) is 0 Å². The van der Waals surface area contributed by atoms with Gasteiger partial charge in [0.15, 0.2) is 0 Å². The molecule has 4 aromatic carbocycles. The number of hydrogen-bond acceptors (Lipinski definition) is 3. The van der Waals surface area contributed by atoms with Crippen LogP contribution in [0.4, 0.5) is 5.69 Å². The van der Waals surface area contributed by atoms with E-state index in [1.165, 1.54) is 40.4 Å². The molecule has 184 valence electrons. The molecular formula is C33H36N2O. The SMILES string of the molecule is Oc1cccc(C23CCN(CCc4ccccc4)CC2CCC(Nc2ccc4ccccc4c2)C3)c1. The predicted molar refractivity (Wildman–Crippen MR) is 150 cm³/mol. The molecule has 3 heteroatoms. The van der Waals surface area contributed by atoms with Gasteiger partial charge >= 0.3 is 0 Å². The Morgan fingerprint density at radius 3 is 2.53 bits per heavy atom. The molecule has 1 saturated carbocycles. The molecule has 1 heterocycles. The summed E-state index contributed by atoms with van der Waals surface area (Å²) < 4.78 is 0. The molecule has 3 unspecified atom stereocenters. The second-order valence-corrected chi connectivity index (χ2v) is 10.9. The minimum atomic E-state index is 0.106. The van der Waals surface area contributed by atoms with E-state index < -0.39 is 0 Å². The lowest BCUT2D eigenvalue weighted by molar-refractivity contribution is 0.0525. The Labute approximate surface area is 214 Å². The lowest BCUT2D eigenvalue weighted by atomic mass is 9.58. The first kappa shape index (κ1) is 23.1. The summed E-state index contributed by atoms with van der Waals surface area (Å²) in [6, 6.07) is 34.7. The topological polar surface area (TPSA) is 35.5 Å². The largest absolute Gasteiger partial charge is 0.508 e. The molecule has 2 aliphatic rings. The minimum absolute atomic E-state index is 0.106. The fourth-order valence-electron chi connectivity index (χ4n) is 6.81. The van der Waals surface area contributed by atoms with Crippen molar-refractivity contribution in [2.45, 2.75) is 43.6 Å². The number of anilines is 1. The van der Waals surface area contributed by atoms with Crippen LogP contribution in [0.1, 0.15) is 36.8 Å². The van der Waals surface area contributed by atoms with Crippen molar-refractivity contribution >= 4 is 16.5 Å². The van der Waals surface area contributed by atoms with Crippen LogP contribution in [0.3, 0.4) is 0 Å². The number of likely N-dealkylation sites (tertiary alicyclic amines) is 1. The predicted octanol–water partition coefficient (Wildman–Crippen LogP) is 7.01. The number of phenolic OH excluding ortho intramolecular Hbond substituents is 1. The van der Waals surface area contributed by atoms with Crippen molar-refractivity contribution in [1.82, 2.24) is 4.90 Å². The average molecular weight is 477 g/mol. The maximum atomic E-state index is 10.4. The Morgan fingerprint density at radius 2 is 1.67 bits per heavy atom. The molecule has 0 radical (unpaired) electrons. The molecule has 0 spiro atoms. The van der Waals surface area contributed by atoms with Crippen LogP contribution in [0.25, 0.3) is 10.8 Å². The summed E-state index contributed by atoms with van der Waals surface area (Å²) in [5, 5.41) is 16.8. The van der Waals surface area contributed by atoms with Gasteiger partial charge in [-0.25, -0.2) is 0 Å². The third kappa shape index (κ3) is 4.73.